The Morgan fingerprint density at radius 2 is 2.40 bits per heavy atom. The van der Waals surface area contributed by atoms with Gasteiger partial charge in [0.15, 0.2) is 0 Å². The van der Waals surface area contributed by atoms with E-state index >= 15 is 0 Å². The topological polar surface area (TPSA) is 67.5 Å². The molecule has 2 amide bonds. The number of amides is 2. The zero-order chi connectivity index (χ0) is 7.82. The molecular formula is C6H11N3O. The van der Waals surface area contributed by atoms with Crippen LogP contribution in [0.15, 0.2) is 17.8 Å². The van der Waals surface area contributed by atoms with E-state index in [1.54, 1.807) is 12.3 Å². The Balaban J connectivity index is 3.20. The maximum Gasteiger partial charge on any atom is 0.332 e. The molecule has 4 heteroatoms. The molecule has 0 unspecified atom stereocenters. The number of hydrogen-bond donors (Lipinski definition) is 2. The first-order valence-electron chi connectivity index (χ1n) is 2.95. The number of hydrazone groups is 1. The van der Waals surface area contributed by atoms with Crippen molar-refractivity contribution < 1.29 is 4.79 Å². The molecule has 10 heavy (non-hydrogen) atoms. The minimum Gasteiger partial charge on any atom is -0.350 e. The highest BCUT2D eigenvalue weighted by Crippen LogP contribution is 1.82. The SMILES string of the molecule is C=CCC/C=N/NC(N)=O. The Bertz CT molecular complexity index is 142. The minimum absolute atomic E-state index is 0.644. The fraction of sp³-hybridized carbons (Fsp3) is 0.333. The van der Waals surface area contributed by atoms with Crippen LogP contribution in [0.2, 0.25) is 0 Å². The van der Waals surface area contributed by atoms with Crippen LogP contribution in [-0.4, -0.2) is 12.2 Å². The van der Waals surface area contributed by atoms with Crippen molar-refractivity contribution in [2.24, 2.45) is 10.8 Å². The second-order valence-corrected chi connectivity index (χ2v) is 1.65. The molecule has 0 aromatic rings. The summed E-state index contributed by atoms with van der Waals surface area (Å²) in [5, 5.41) is 3.51. The van der Waals surface area contributed by atoms with Gasteiger partial charge < -0.3 is 5.73 Å². The van der Waals surface area contributed by atoms with Gasteiger partial charge in [0.25, 0.3) is 0 Å². The van der Waals surface area contributed by atoms with Crippen molar-refractivity contribution in [3.63, 3.8) is 0 Å². The molecule has 0 aliphatic rings. The fourth-order valence-corrected chi connectivity index (χ4v) is 0.366. The molecule has 0 bridgehead atoms. The molecule has 4 nitrogen and oxygen atoms in total. The largest absolute Gasteiger partial charge is 0.350 e. The van der Waals surface area contributed by atoms with E-state index < -0.39 is 6.03 Å². The summed E-state index contributed by atoms with van der Waals surface area (Å²) in [4.78, 5) is 10.0. The molecule has 0 atom stereocenters. The second kappa shape index (κ2) is 5.81. The molecule has 3 N–H and O–H groups in total. The number of urea groups is 1. The predicted octanol–water partition coefficient (Wildman–Crippen LogP) is 0.607. The van der Waals surface area contributed by atoms with Gasteiger partial charge in [-0.15, -0.1) is 6.58 Å². The molecule has 0 aliphatic heterocycles. The monoisotopic (exact) mass is 141 g/mol. The van der Waals surface area contributed by atoms with Crippen molar-refractivity contribution in [3.05, 3.63) is 12.7 Å². The Morgan fingerprint density at radius 1 is 1.70 bits per heavy atom. The van der Waals surface area contributed by atoms with Crippen LogP contribution in [0.3, 0.4) is 0 Å². The average Bonchev–Trinajstić information content (AvgIpc) is 1.87. The summed E-state index contributed by atoms with van der Waals surface area (Å²) in [7, 11) is 0. The lowest BCUT2D eigenvalue weighted by Crippen LogP contribution is -2.24. The summed E-state index contributed by atoms with van der Waals surface area (Å²) in [6.07, 6.45) is 4.97. The minimum atomic E-state index is -0.644. The van der Waals surface area contributed by atoms with Gasteiger partial charge in [-0.2, -0.15) is 5.10 Å². The van der Waals surface area contributed by atoms with E-state index in [-0.39, 0.29) is 0 Å². The third-order valence-electron chi connectivity index (χ3n) is 0.766. The Morgan fingerprint density at radius 3 is 2.90 bits per heavy atom. The summed E-state index contributed by atoms with van der Waals surface area (Å²) in [5.74, 6) is 0. The number of rotatable bonds is 4. The van der Waals surface area contributed by atoms with E-state index in [0.29, 0.717) is 0 Å². The van der Waals surface area contributed by atoms with Crippen LogP contribution in [0.25, 0.3) is 0 Å². The van der Waals surface area contributed by atoms with Gasteiger partial charge in [-0.05, 0) is 12.8 Å². The number of hydrogen-bond acceptors (Lipinski definition) is 2. The zero-order valence-corrected chi connectivity index (χ0v) is 5.71. The Kier molecular flexibility index (Phi) is 5.04. The highest BCUT2D eigenvalue weighted by atomic mass is 16.2. The number of carbonyl (C=O) groups is 1. The van der Waals surface area contributed by atoms with Crippen LogP contribution in [0, 0.1) is 0 Å². The van der Waals surface area contributed by atoms with Gasteiger partial charge in [0, 0.05) is 6.21 Å². The summed E-state index contributed by atoms with van der Waals surface area (Å²) in [6.45, 7) is 3.52. The zero-order valence-electron chi connectivity index (χ0n) is 5.71. The highest BCUT2D eigenvalue weighted by Gasteiger charge is 1.81. The Hall–Kier alpha value is -1.32. The molecule has 0 saturated carbocycles. The Labute approximate surface area is 59.8 Å². The number of nitrogens with two attached hydrogens (primary N) is 1. The average molecular weight is 141 g/mol. The maximum absolute atomic E-state index is 10.0. The summed E-state index contributed by atoms with van der Waals surface area (Å²) in [5.41, 5.74) is 6.80. The molecule has 0 radical (unpaired) electrons. The van der Waals surface area contributed by atoms with E-state index in [4.69, 9.17) is 5.73 Å². The first-order chi connectivity index (χ1) is 4.77. The number of carbonyl (C=O) groups excluding carboxylic acids is 1. The number of primary amides is 1. The van der Waals surface area contributed by atoms with Crippen molar-refractivity contribution in [1.82, 2.24) is 5.43 Å². The smallest absolute Gasteiger partial charge is 0.332 e. The first kappa shape index (κ1) is 8.68. The van der Waals surface area contributed by atoms with Crippen LogP contribution < -0.4 is 11.2 Å². The molecule has 56 valence electrons. The molecular weight excluding hydrogens is 130 g/mol. The lowest BCUT2D eigenvalue weighted by molar-refractivity contribution is 0.249. The van der Waals surface area contributed by atoms with Crippen molar-refractivity contribution in [1.29, 1.82) is 0 Å². The van der Waals surface area contributed by atoms with E-state index in [1.807, 2.05) is 0 Å². The number of unbranched alkanes of at least 4 members (excludes halogenated alkanes) is 1. The summed E-state index contributed by atoms with van der Waals surface area (Å²) < 4.78 is 0. The van der Waals surface area contributed by atoms with Gasteiger partial charge in [-0.25, -0.2) is 10.2 Å². The third kappa shape index (κ3) is 6.68. The molecule has 0 saturated heterocycles. The quantitative estimate of drug-likeness (QED) is 0.256. The lowest BCUT2D eigenvalue weighted by atomic mass is 10.3. The van der Waals surface area contributed by atoms with Gasteiger partial charge in [0.1, 0.15) is 0 Å². The summed E-state index contributed by atoms with van der Waals surface area (Å²) in [6, 6.07) is -0.644. The molecule has 0 fully saturated rings. The highest BCUT2D eigenvalue weighted by molar-refractivity contribution is 5.72. The lowest BCUT2D eigenvalue weighted by Gasteiger charge is -1.88. The van der Waals surface area contributed by atoms with Crippen LogP contribution in [0.1, 0.15) is 12.8 Å². The van der Waals surface area contributed by atoms with E-state index in [2.05, 4.69) is 17.1 Å². The normalized spacial score (nSPS) is 9.60. The van der Waals surface area contributed by atoms with E-state index in [9.17, 15) is 4.79 Å². The van der Waals surface area contributed by atoms with E-state index in [0.717, 1.165) is 12.8 Å². The van der Waals surface area contributed by atoms with E-state index in [1.165, 1.54) is 0 Å². The van der Waals surface area contributed by atoms with Gasteiger partial charge in [-0.1, -0.05) is 6.08 Å². The molecule has 0 aromatic carbocycles. The van der Waals surface area contributed by atoms with Gasteiger partial charge in [0.2, 0.25) is 0 Å². The fourth-order valence-electron chi connectivity index (χ4n) is 0.366. The summed E-state index contributed by atoms with van der Waals surface area (Å²) >= 11 is 0. The van der Waals surface area contributed by atoms with Crippen molar-refractivity contribution in [2.75, 3.05) is 0 Å². The molecule has 0 spiro atoms. The van der Waals surface area contributed by atoms with Crippen LogP contribution >= 0.6 is 0 Å². The van der Waals surface area contributed by atoms with Gasteiger partial charge >= 0.3 is 6.03 Å². The standard InChI is InChI=1S/C6H11N3O/c1-2-3-4-5-8-9-6(7)10/h2,5H,1,3-4H2,(H3,7,9,10)/b8-5+. The van der Waals surface area contributed by atoms with Crippen molar-refractivity contribution >= 4 is 12.2 Å². The van der Waals surface area contributed by atoms with Crippen LogP contribution in [0.5, 0.6) is 0 Å². The van der Waals surface area contributed by atoms with Gasteiger partial charge in [0.05, 0.1) is 0 Å². The third-order valence-corrected chi connectivity index (χ3v) is 0.766. The van der Waals surface area contributed by atoms with Crippen LogP contribution in [-0.2, 0) is 0 Å². The number of allylic oxidation sites excluding steroid dienone is 1. The second-order valence-electron chi connectivity index (χ2n) is 1.65. The van der Waals surface area contributed by atoms with Crippen LogP contribution in [0.4, 0.5) is 4.79 Å². The molecule has 0 aliphatic carbocycles. The maximum atomic E-state index is 10.0. The number of nitrogens with one attached hydrogen (secondary N) is 1. The molecule has 0 rings (SSSR count). The predicted molar refractivity (Wildman–Crippen MR) is 40.6 cm³/mol. The molecule has 0 heterocycles. The first-order valence-corrected chi connectivity index (χ1v) is 2.95. The number of nitrogens with zero attached hydrogens (tertiary/aromatic N) is 1. The van der Waals surface area contributed by atoms with Crippen molar-refractivity contribution in [2.45, 2.75) is 12.8 Å². The van der Waals surface area contributed by atoms with Crippen molar-refractivity contribution in [3.8, 4) is 0 Å². The molecule has 0 aromatic heterocycles. The van der Waals surface area contributed by atoms with Gasteiger partial charge in [-0.3, -0.25) is 0 Å².